The van der Waals surface area contributed by atoms with Crippen molar-refractivity contribution in [3.8, 4) is 16.9 Å². The van der Waals surface area contributed by atoms with Crippen molar-refractivity contribution < 1.29 is 14.3 Å². The number of carbonyl (C=O) groups is 1. The molecule has 1 aliphatic carbocycles. The van der Waals surface area contributed by atoms with Gasteiger partial charge in [0.15, 0.2) is 0 Å². The van der Waals surface area contributed by atoms with Gasteiger partial charge in [0, 0.05) is 31.0 Å². The monoisotopic (exact) mass is 490 g/mol. The Balaban J connectivity index is 1.21. The van der Waals surface area contributed by atoms with Crippen molar-refractivity contribution in [1.82, 2.24) is 19.4 Å². The van der Waals surface area contributed by atoms with Gasteiger partial charge in [-0.05, 0) is 68.7 Å². The number of benzene rings is 1. The number of likely N-dealkylation sites (tertiary alicyclic amines) is 1. The number of nitrogen functional groups attached to an aromatic ring is 1. The van der Waals surface area contributed by atoms with E-state index in [9.17, 15) is 4.79 Å². The van der Waals surface area contributed by atoms with Crippen LogP contribution in [-0.4, -0.2) is 63.8 Å². The van der Waals surface area contributed by atoms with Crippen molar-refractivity contribution in [2.24, 2.45) is 11.7 Å². The maximum absolute atomic E-state index is 11.8. The standard InChI is InChI=1S/C27H34N6O3/c28-25-24-22(18-4-1-5-20(12-18)36-15-21-6-3-9-35-21)14-33(27(24)31-16-30-25)19-10-17(11-19)13-32-8-2-7-23(32)26(29)34/h1,4-5,12,14,16-17,19,21,23H,2-3,6-11,13,15H2,(H2,29,34)(H2,28,30,31)/t17-,19+,21-,23?/m0/s1. The zero-order valence-electron chi connectivity index (χ0n) is 20.5. The summed E-state index contributed by atoms with van der Waals surface area (Å²) in [5.41, 5.74) is 14.9. The number of ether oxygens (including phenoxy) is 2. The average molecular weight is 491 g/mol. The molecule has 0 radical (unpaired) electrons. The summed E-state index contributed by atoms with van der Waals surface area (Å²) in [6.45, 7) is 3.27. The van der Waals surface area contributed by atoms with Crippen LogP contribution in [-0.2, 0) is 9.53 Å². The third kappa shape index (κ3) is 4.41. The molecule has 2 aromatic heterocycles. The number of nitrogens with two attached hydrogens (primary N) is 2. The van der Waals surface area contributed by atoms with Crippen molar-refractivity contribution in [2.75, 3.05) is 32.0 Å². The van der Waals surface area contributed by atoms with Crippen molar-refractivity contribution in [3.05, 3.63) is 36.8 Å². The van der Waals surface area contributed by atoms with Crippen LogP contribution in [0.3, 0.4) is 0 Å². The molecule has 6 rings (SSSR count). The molecule has 1 saturated carbocycles. The van der Waals surface area contributed by atoms with Gasteiger partial charge in [0.25, 0.3) is 0 Å². The summed E-state index contributed by atoms with van der Waals surface area (Å²) in [6, 6.07) is 8.35. The van der Waals surface area contributed by atoms with E-state index in [0.29, 0.717) is 24.4 Å². The molecule has 0 bridgehead atoms. The van der Waals surface area contributed by atoms with E-state index >= 15 is 0 Å². The molecule has 2 aliphatic heterocycles. The predicted octanol–water partition coefficient (Wildman–Crippen LogP) is 3.14. The van der Waals surface area contributed by atoms with Gasteiger partial charge in [0.05, 0.1) is 17.5 Å². The molecule has 4 heterocycles. The molecule has 9 heteroatoms. The lowest BCUT2D eigenvalue weighted by molar-refractivity contribution is -0.122. The van der Waals surface area contributed by atoms with Crippen LogP contribution in [0.1, 0.15) is 44.6 Å². The molecule has 2 atom stereocenters. The van der Waals surface area contributed by atoms with Gasteiger partial charge in [-0.25, -0.2) is 9.97 Å². The molecule has 9 nitrogen and oxygen atoms in total. The molecule has 0 spiro atoms. The minimum Gasteiger partial charge on any atom is -0.491 e. The third-order valence-corrected chi connectivity index (χ3v) is 8.03. The molecule has 1 unspecified atom stereocenters. The SMILES string of the molecule is NC(=O)C1CCCN1C[C@H]1C[C@@H](n2cc(-c3cccc(OC[C@@H]4CCCO4)c3)c3c(N)ncnc32)C1. The van der Waals surface area contributed by atoms with Gasteiger partial charge in [-0.1, -0.05) is 12.1 Å². The van der Waals surface area contributed by atoms with E-state index in [1.807, 2.05) is 12.1 Å². The molecule has 3 aliphatic rings. The molecular weight excluding hydrogens is 456 g/mol. The minimum absolute atomic E-state index is 0.106. The van der Waals surface area contributed by atoms with Gasteiger partial charge >= 0.3 is 0 Å². The summed E-state index contributed by atoms with van der Waals surface area (Å²) in [5, 5.41) is 0.880. The number of rotatable bonds is 8. The second-order valence-electron chi connectivity index (χ2n) is 10.4. The Hall–Kier alpha value is -3.17. The highest BCUT2D eigenvalue weighted by Gasteiger charge is 2.37. The average Bonchev–Trinajstić information content (AvgIpc) is 3.60. The fourth-order valence-electron chi connectivity index (χ4n) is 6.10. The fraction of sp³-hybridized carbons (Fsp3) is 0.519. The zero-order valence-corrected chi connectivity index (χ0v) is 20.5. The molecule has 3 fully saturated rings. The van der Waals surface area contributed by atoms with E-state index in [1.54, 1.807) is 0 Å². The van der Waals surface area contributed by atoms with Crippen LogP contribution in [0.15, 0.2) is 36.8 Å². The number of primary amides is 1. The van der Waals surface area contributed by atoms with E-state index in [-0.39, 0.29) is 18.1 Å². The molecule has 36 heavy (non-hydrogen) atoms. The molecule has 2 saturated heterocycles. The van der Waals surface area contributed by atoms with E-state index in [1.165, 1.54) is 6.33 Å². The first kappa shape index (κ1) is 23.2. The predicted molar refractivity (Wildman–Crippen MR) is 137 cm³/mol. The number of hydrogen-bond acceptors (Lipinski definition) is 7. The normalized spacial score (nSPS) is 26.3. The smallest absolute Gasteiger partial charge is 0.234 e. The number of fused-ring (bicyclic) bond motifs is 1. The summed E-state index contributed by atoms with van der Waals surface area (Å²) < 4.78 is 14.0. The van der Waals surface area contributed by atoms with Crippen LogP contribution in [0.2, 0.25) is 0 Å². The molecule has 190 valence electrons. The number of anilines is 1. The summed E-state index contributed by atoms with van der Waals surface area (Å²) in [4.78, 5) is 22.9. The van der Waals surface area contributed by atoms with Crippen LogP contribution < -0.4 is 16.2 Å². The Kier molecular flexibility index (Phi) is 6.27. The number of nitrogens with zero attached hydrogens (tertiary/aromatic N) is 4. The van der Waals surface area contributed by atoms with Crippen molar-refractivity contribution in [2.45, 2.75) is 56.7 Å². The lowest BCUT2D eigenvalue weighted by atomic mass is 9.79. The first-order valence-corrected chi connectivity index (χ1v) is 13.1. The lowest BCUT2D eigenvalue weighted by Crippen LogP contribution is -2.44. The highest BCUT2D eigenvalue weighted by atomic mass is 16.5. The Labute approximate surface area is 210 Å². The number of carbonyl (C=O) groups excluding carboxylic acids is 1. The lowest BCUT2D eigenvalue weighted by Gasteiger charge is -2.39. The topological polar surface area (TPSA) is 122 Å². The van der Waals surface area contributed by atoms with E-state index in [2.05, 4.69) is 37.8 Å². The number of hydrogen-bond donors (Lipinski definition) is 2. The van der Waals surface area contributed by atoms with E-state index < -0.39 is 0 Å². The maximum atomic E-state index is 11.8. The summed E-state index contributed by atoms with van der Waals surface area (Å²) in [7, 11) is 0. The van der Waals surface area contributed by atoms with Gasteiger partial charge in [0.1, 0.15) is 30.1 Å². The Morgan fingerprint density at radius 2 is 2.08 bits per heavy atom. The highest BCUT2D eigenvalue weighted by molar-refractivity contribution is 6.00. The molecule has 4 N–H and O–H groups in total. The summed E-state index contributed by atoms with van der Waals surface area (Å²) >= 11 is 0. The zero-order chi connectivity index (χ0) is 24.6. The first-order chi connectivity index (χ1) is 17.6. The van der Waals surface area contributed by atoms with Gasteiger partial charge in [0.2, 0.25) is 5.91 Å². The van der Waals surface area contributed by atoms with Crippen LogP contribution in [0.4, 0.5) is 5.82 Å². The summed E-state index contributed by atoms with van der Waals surface area (Å²) in [5.74, 6) is 1.65. The Morgan fingerprint density at radius 3 is 2.89 bits per heavy atom. The fourth-order valence-corrected chi connectivity index (χ4v) is 6.10. The molecule has 1 amide bonds. The highest BCUT2D eigenvalue weighted by Crippen LogP contribution is 2.44. The quantitative estimate of drug-likeness (QED) is 0.497. The second-order valence-corrected chi connectivity index (χ2v) is 10.4. The third-order valence-electron chi connectivity index (χ3n) is 8.03. The maximum Gasteiger partial charge on any atom is 0.234 e. The van der Waals surface area contributed by atoms with Gasteiger partial charge in [-0.3, -0.25) is 9.69 Å². The second kappa shape index (κ2) is 9.71. The van der Waals surface area contributed by atoms with Crippen LogP contribution >= 0.6 is 0 Å². The largest absolute Gasteiger partial charge is 0.491 e. The Morgan fingerprint density at radius 1 is 1.19 bits per heavy atom. The van der Waals surface area contributed by atoms with Crippen LogP contribution in [0.5, 0.6) is 5.75 Å². The number of aromatic nitrogens is 3. The van der Waals surface area contributed by atoms with E-state index in [4.69, 9.17) is 20.9 Å². The summed E-state index contributed by atoms with van der Waals surface area (Å²) in [6.07, 6.45) is 10.0. The molecule has 3 aromatic rings. The first-order valence-electron chi connectivity index (χ1n) is 13.1. The van der Waals surface area contributed by atoms with Crippen molar-refractivity contribution in [3.63, 3.8) is 0 Å². The molecular formula is C27H34N6O3. The van der Waals surface area contributed by atoms with E-state index in [0.717, 1.165) is 86.1 Å². The van der Waals surface area contributed by atoms with Gasteiger partial charge in [-0.2, -0.15) is 0 Å². The minimum atomic E-state index is -0.196. The van der Waals surface area contributed by atoms with Crippen LogP contribution in [0, 0.1) is 5.92 Å². The van der Waals surface area contributed by atoms with Crippen molar-refractivity contribution in [1.29, 1.82) is 0 Å². The Bertz CT molecular complexity index is 1250. The van der Waals surface area contributed by atoms with Crippen molar-refractivity contribution >= 4 is 22.8 Å². The number of amides is 1. The van der Waals surface area contributed by atoms with Gasteiger partial charge < -0.3 is 25.5 Å². The van der Waals surface area contributed by atoms with Crippen LogP contribution in [0.25, 0.3) is 22.2 Å². The van der Waals surface area contributed by atoms with Gasteiger partial charge in [-0.15, -0.1) is 0 Å². The molecule has 1 aromatic carbocycles.